The molecule has 3 N–H and O–H groups in total. The average Bonchev–Trinajstić information content (AvgIpc) is 3.27. The van der Waals surface area contributed by atoms with Gasteiger partial charge in [0.05, 0.1) is 11.1 Å². The van der Waals surface area contributed by atoms with Crippen LogP contribution in [0.5, 0.6) is 11.5 Å². The zero-order valence-corrected chi connectivity index (χ0v) is 15.2. The molecule has 0 amide bonds. The molecule has 2 aliphatic rings. The molecule has 1 aromatic carbocycles. The van der Waals surface area contributed by atoms with E-state index in [-0.39, 0.29) is 17.3 Å². The molecule has 0 radical (unpaired) electrons. The van der Waals surface area contributed by atoms with Gasteiger partial charge >= 0.3 is 0 Å². The number of nitrogens with zero attached hydrogens (tertiary/aromatic N) is 2. The maximum absolute atomic E-state index is 12.9. The van der Waals surface area contributed by atoms with Crippen molar-refractivity contribution < 1.29 is 14.6 Å². The molecule has 0 bridgehead atoms. The molecule has 2 aromatic heterocycles. The second kappa shape index (κ2) is 6.78. The lowest BCUT2D eigenvalue weighted by atomic mass is 10.0. The lowest BCUT2D eigenvalue weighted by Gasteiger charge is -2.27. The largest absolute Gasteiger partial charge is 0.507 e. The van der Waals surface area contributed by atoms with Crippen molar-refractivity contribution in [3.63, 3.8) is 0 Å². The number of fused-ring (bicyclic) bond motifs is 2. The van der Waals surface area contributed by atoms with Crippen LogP contribution in [0.2, 0.25) is 0 Å². The van der Waals surface area contributed by atoms with Gasteiger partial charge in [0.25, 0.3) is 0 Å². The van der Waals surface area contributed by atoms with Gasteiger partial charge in [-0.2, -0.15) is 0 Å². The topological polar surface area (TPSA) is 90.5 Å². The van der Waals surface area contributed by atoms with Crippen LogP contribution in [0.1, 0.15) is 21.5 Å². The number of aromatic hydroxyl groups is 1. The van der Waals surface area contributed by atoms with Crippen LogP contribution in [0.15, 0.2) is 42.4 Å². The highest BCUT2D eigenvalue weighted by molar-refractivity contribution is 6.15. The van der Waals surface area contributed by atoms with Crippen LogP contribution in [0.4, 0.5) is 0 Å². The Bertz CT molecular complexity index is 1100. The Labute approximate surface area is 161 Å². The van der Waals surface area contributed by atoms with E-state index in [9.17, 15) is 9.90 Å². The number of phenols is 1. The number of aromatic amines is 1. The second-order valence-electron chi connectivity index (χ2n) is 7.05. The van der Waals surface area contributed by atoms with Gasteiger partial charge in [-0.25, -0.2) is 4.98 Å². The highest BCUT2D eigenvalue weighted by Gasteiger charge is 2.32. The van der Waals surface area contributed by atoms with E-state index in [2.05, 4.69) is 20.2 Å². The van der Waals surface area contributed by atoms with Crippen molar-refractivity contribution in [3.8, 4) is 11.5 Å². The number of ketones is 1. The van der Waals surface area contributed by atoms with E-state index in [4.69, 9.17) is 4.74 Å². The fourth-order valence-electron chi connectivity index (χ4n) is 3.78. The van der Waals surface area contributed by atoms with E-state index >= 15 is 0 Å². The smallest absolute Gasteiger partial charge is 0.231 e. The first-order valence-corrected chi connectivity index (χ1v) is 9.35. The van der Waals surface area contributed by atoms with Crippen LogP contribution < -0.4 is 10.1 Å². The number of carbonyl (C=O) groups excluding carboxylic acids is 1. The van der Waals surface area contributed by atoms with Crippen molar-refractivity contribution in [2.45, 2.75) is 6.54 Å². The first-order valence-electron chi connectivity index (χ1n) is 9.35. The van der Waals surface area contributed by atoms with E-state index in [1.165, 1.54) is 0 Å². The van der Waals surface area contributed by atoms with Gasteiger partial charge in [0.2, 0.25) is 5.78 Å². The number of hydrogen-bond donors (Lipinski definition) is 3. The molecule has 0 atom stereocenters. The maximum Gasteiger partial charge on any atom is 0.231 e. The van der Waals surface area contributed by atoms with Crippen LogP contribution >= 0.6 is 0 Å². The molecule has 142 valence electrons. The van der Waals surface area contributed by atoms with Gasteiger partial charge in [-0.1, -0.05) is 0 Å². The summed E-state index contributed by atoms with van der Waals surface area (Å²) in [6.45, 7) is 4.16. The lowest BCUT2D eigenvalue weighted by molar-refractivity contribution is 0.101. The number of pyridine rings is 1. The minimum absolute atomic E-state index is 0.155. The van der Waals surface area contributed by atoms with Gasteiger partial charge in [0, 0.05) is 56.1 Å². The Hall–Kier alpha value is -3.16. The quantitative estimate of drug-likeness (QED) is 0.608. The molecule has 2 aliphatic heterocycles. The number of hydrogen-bond acceptors (Lipinski definition) is 6. The van der Waals surface area contributed by atoms with Crippen molar-refractivity contribution >= 4 is 22.9 Å². The minimum Gasteiger partial charge on any atom is -0.507 e. The number of ether oxygens (including phenoxy) is 1. The van der Waals surface area contributed by atoms with Crippen LogP contribution in [0, 0.1) is 0 Å². The summed E-state index contributed by atoms with van der Waals surface area (Å²) < 4.78 is 5.97. The molecule has 1 fully saturated rings. The van der Waals surface area contributed by atoms with Gasteiger partial charge in [-0.3, -0.25) is 9.69 Å². The number of Topliss-reactive ketones (excluding diaryl/α,β-unsaturated/α-hetero) is 1. The molecule has 1 saturated heterocycles. The van der Waals surface area contributed by atoms with Gasteiger partial charge in [0.15, 0.2) is 5.76 Å². The van der Waals surface area contributed by atoms with Gasteiger partial charge in [-0.15, -0.1) is 0 Å². The van der Waals surface area contributed by atoms with E-state index in [1.54, 1.807) is 24.4 Å². The predicted molar refractivity (Wildman–Crippen MR) is 105 cm³/mol. The SMILES string of the molecule is O=C1/C(=C/c2c[nH]c3ncccc23)Oc2c1ccc(O)c2CN1CCNCC1. The van der Waals surface area contributed by atoms with Crippen LogP contribution in [0.3, 0.4) is 0 Å². The van der Waals surface area contributed by atoms with Crippen LogP contribution in [-0.4, -0.2) is 51.9 Å². The molecular formula is C21H20N4O3. The Balaban J connectivity index is 1.50. The van der Waals surface area contributed by atoms with Crippen molar-refractivity contribution in [1.82, 2.24) is 20.2 Å². The fraction of sp³-hybridized carbons (Fsp3) is 0.238. The Morgan fingerprint density at radius 2 is 2.11 bits per heavy atom. The summed E-state index contributed by atoms with van der Waals surface area (Å²) in [4.78, 5) is 22.5. The summed E-state index contributed by atoms with van der Waals surface area (Å²) in [5, 5.41) is 14.6. The van der Waals surface area contributed by atoms with E-state index < -0.39 is 0 Å². The van der Waals surface area contributed by atoms with Crippen molar-refractivity contribution in [3.05, 3.63) is 59.1 Å². The van der Waals surface area contributed by atoms with Gasteiger partial charge in [-0.05, 0) is 30.3 Å². The first-order chi connectivity index (χ1) is 13.7. The number of phenolic OH excluding ortho intramolecular Hbond substituents is 1. The third kappa shape index (κ3) is 2.85. The van der Waals surface area contributed by atoms with Gasteiger partial charge < -0.3 is 20.1 Å². The highest BCUT2D eigenvalue weighted by atomic mass is 16.5. The Kier molecular flexibility index (Phi) is 4.11. The molecule has 0 saturated carbocycles. The number of piperazine rings is 1. The number of allylic oxidation sites excluding steroid dienone is 1. The van der Waals surface area contributed by atoms with E-state index in [0.29, 0.717) is 23.4 Å². The molecule has 0 spiro atoms. The molecule has 0 aliphatic carbocycles. The van der Waals surface area contributed by atoms with Crippen molar-refractivity contribution in [1.29, 1.82) is 0 Å². The summed E-state index contributed by atoms with van der Waals surface area (Å²) in [5.41, 5.74) is 2.75. The summed E-state index contributed by atoms with van der Waals surface area (Å²) in [6, 6.07) is 7.01. The molecule has 7 heteroatoms. The van der Waals surface area contributed by atoms with E-state index in [0.717, 1.165) is 42.8 Å². The maximum atomic E-state index is 12.9. The zero-order valence-electron chi connectivity index (χ0n) is 15.2. The van der Waals surface area contributed by atoms with Crippen molar-refractivity contribution in [2.75, 3.05) is 26.2 Å². The van der Waals surface area contributed by atoms with Crippen LogP contribution in [-0.2, 0) is 6.54 Å². The van der Waals surface area contributed by atoms with Gasteiger partial charge in [0.1, 0.15) is 17.1 Å². The first kappa shape index (κ1) is 17.0. The standard InChI is InChI=1S/C21H20N4O3/c26-17-4-3-15-19(27)18(10-13-11-24-21-14(13)2-1-5-23-21)28-20(15)16(17)12-25-8-6-22-7-9-25/h1-5,10-11,22,26H,6-9,12H2,(H,23,24)/b18-10-. The number of rotatable bonds is 3. The third-order valence-electron chi connectivity index (χ3n) is 5.28. The molecule has 28 heavy (non-hydrogen) atoms. The summed E-state index contributed by atoms with van der Waals surface area (Å²) in [7, 11) is 0. The number of nitrogens with one attached hydrogen (secondary N) is 2. The number of carbonyl (C=O) groups is 1. The third-order valence-corrected chi connectivity index (χ3v) is 5.28. The predicted octanol–water partition coefficient (Wildman–Crippen LogP) is 2.29. The second-order valence-corrected chi connectivity index (χ2v) is 7.05. The monoisotopic (exact) mass is 376 g/mol. The lowest BCUT2D eigenvalue weighted by Crippen LogP contribution is -2.42. The number of H-pyrrole nitrogens is 1. The fourth-order valence-corrected chi connectivity index (χ4v) is 3.78. The molecule has 5 rings (SSSR count). The highest BCUT2D eigenvalue weighted by Crippen LogP contribution is 2.40. The Morgan fingerprint density at radius 3 is 2.96 bits per heavy atom. The Morgan fingerprint density at radius 1 is 1.25 bits per heavy atom. The summed E-state index contributed by atoms with van der Waals surface area (Å²) in [5.74, 6) is 0.706. The molecule has 7 nitrogen and oxygen atoms in total. The summed E-state index contributed by atoms with van der Waals surface area (Å²) >= 11 is 0. The molecule has 0 unspecified atom stereocenters. The number of aromatic nitrogens is 2. The summed E-state index contributed by atoms with van der Waals surface area (Å²) in [6.07, 6.45) is 5.26. The molecule has 4 heterocycles. The normalized spacial score (nSPS) is 18.6. The average molecular weight is 376 g/mol. The molecule has 3 aromatic rings. The number of benzene rings is 1. The zero-order chi connectivity index (χ0) is 19.1. The van der Waals surface area contributed by atoms with Crippen molar-refractivity contribution in [2.24, 2.45) is 0 Å². The van der Waals surface area contributed by atoms with Crippen LogP contribution in [0.25, 0.3) is 17.1 Å². The molecular weight excluding hydrogens is 356 g/mol. The minimum atomic E-state index is -0.171. The van der Waals surface area contributed by atoms with E-state index in [1.807, 2.05) is 18.3 Å².